The number of fused-ring (bicyclic) bond motifs is 7. The summed E-state index contributed by atoms with van der Waals surface area (Å²) in [5, 5.41) is 21.4. The summed E-state index contributed by atoms with van der Waals surface area (Å²) in [6.45, 7) is 13.2. The lowest BCUT2D eigenvalue weighted by Crippen LogP contribution is -2.67. The fourth-order valence-corrected chi connectivity index (χ4v) is 10.4. The highest BCUT2D eigenvalue weighted by molar-refractivity contribution is 5.85. The average molecular weight is 485 g/mol. The fraction of sp³-hybridized carbons (Fsp3) is 0.800. The Morgan fingerprint density at radius 2 is 1.77 bits per heavy atom. The van der Waals surface area contributed by atoms with E-state index in [1.54, 1.807) is 7.11 Å². The number of aliphatic hydroxyl groups excluding tert-OH is 1. The van der Waals surface area contributed by atoms with E-state index in [2.05, 4.69) is 47.6 Å². The normalized spacial score (nSPS) is 48.7. The van der Waals surface area contributed by atoms with Crippen LogP contribution in [-0.2, 0) is 14.3 Å². The van der Waals surface area contributed by atoms with Crippen molar-refractivity contribution >= 4 is 11.8 Å². The maximum absolute atomic E-state index is 14.0. The Labute approximate surface area is 210 Å². The summed E-state index contributed by atoms with van der Waals surface area (Å²) in [5.41, 5.74) is 0.415. The Bertz CT molecular complexity index is 1040. The molecule has 3 saturated carbocycles. The van der Waals surface area contributed by atoms with Crippen molar-refractivity contribution in [3.05, 3.63) is 23.0 Å². The number of aliphatic hydroxyl groups is 1. The van der Waals surface area contributed by atoms with Crippen molar-refractivity contribution in [1.29, 1.82) is 0 Å². The van der Waals surface area contributed by atoms with Crippen LogP contribution >= 0.6 is 0 Å². The number of allylic oxidation sites excluding steroid dienone is 4. The van der Waals surface area contributed by atoms with Gasteiger partial charge in [-0.1, -0.05) is 46.3 Å². The molecule has 0 aromatic heterocycles. The number of carbonyl (C=O) groups is 2. The third kappa shape index (κ3) is 2.85. The molecule has 5 aliphatic rings. The van der Waals surface area contributed by atoms with Gasteiger partial charge in [0.05, 0.1) is 24.4 Å². The predicted molar refractivity (Wildman–Crippen MR) is 134 cm³/mol. The minimum absolute atomic E-state index is 0.145. The molecule has 0 heterocycles. The van der Waals surface area contributed by atoms with Crippen molar-refractivity contribution < 1.29 is 24.5 Å². The number of carboxylic acid groups (broad SMARTS) is 1. The van der Waals surface area contributed by atoms with Crippen molar-refractivity contribution in [3.63, 3.8) is 0 Å². The van der Waals surface area contributed by atoms with Gasteiger partial charge < -0.3 is 14.9 Å². The molecule has 5 rings (SSSR count). The van der Waals surface area contributed by atoms with Gasteiger partial charge in [0, 0.05) is 30.1 Å². The molecular weight excluding hydrogens is 440 g/mol. The molecule has 194 valence electrons. The van der Waals surface area contributed by atoms with Crippen LogP contribution in [0.2, 0.25) is 0 Å². The fourth-order valence-electron chi connectivity index (χ4n) is 10.4. The number of rotatable bonds is 2. The first-order valence-electron chi connectivity index (χ1n) is 13.6. The Balaban J connectivity index is 1.67. The number of hydrogen-bond donors (Lipinski definition) is 2. The summed E-state index contributed by atoms with van der Waals surface area (Å²) in [6.07, 6.45) is 7.61. The van der Waals surface area contributed by atoms with E-state index in [0.29, 0.717) is 37.4 Å². The number of methoxy groups -OCH3 is 1. The van der Waals surface area contributed by atoms with E-state index < -0.39 is 22.9 Å². The second-order valence-electron chi connectivity index (χ2n) is 13.9. The zero-order valence-corrected chi connectivity index (χ0v) is 22.7. The van der Waals surface area contributed by atoms with Gasteiger partial charge >= 0.3 is 5.97 Å². The first-order chi connectivity index (χ1) is 16.2. The maximum Gasteiger partial charge on any atom is 0.310 e. The lowest BCUT2D eigenvalue weighted by Gasteiger charge is -2.70. The third-order valence-corrected chi connectivity index (χ3v) is 12.4. The third-order valence-electron chi connectivity index (χ3n) is 12.4. The molecule has 0 spiro atoms. The average Bonchev–Trinajstić information content (AvgIpc) is 2.76. The molecule has 0 amide bonds. The predicted octanol–water partition coefficient (Wildman–Crippen LogP) is 5.92. The minimum Gasteiger partial charge on any atom is -0.501 e. The maximum atomic E-state index is 14.0. The summed E-state index contributed by atoms with van der Waals surface area (Å²) in [4.78, 5) is 26.9. The summed E-state index contributed by atoms with van der Waals surface area (Å²) in [5.74, 6) is 0.534. The molecular formula is C30H44O5. The highest BCUT2D eigenvalue weighted by Gasteiger charge is 2.71. The molecule has 5 aliphatic carbocycles. The highest BCUT2D eigenvalue weighted by Crippen LogP contribution is 2.74. The van der Waals surface area contributed by atoms with Crippen molar-refractivity contribution in [1.82, 2.24) is 0 Å². The van der Waals surface area contributed by atoms with E-state index in [-0.39, 0.29) is 28.1 Å². The summed E-state index contributed by atoms with van der Waals surface area (Å²) >= 11 is 0. The zero-order valence-electron chi connectivity index (χ0n) is 22.7. The number of Topliss-reactive ketones (excluding diaryl/α,β-unsaturated/α-hetero) is 1. The van der Waals surface area contributed by atoms with Crippen molar-refractivity contribution in [2.24, 2.45) is 44.8 Å². The van der Waals surface area contributed by atoms with Gasteiger partial charge in [-0.25, -0.2) is 0 Å². The first-order valence-corrected chi connectivity index (χ1v) is 13.6. The smallest absolute Gasteiger partial charge is 0.310 e. The van der Waals surface area contributed by atoms with Crippen molar-refractivity contribution in [2.75, 3.05) is 7.11 Å². The van der Waals surface area contributed by atoms with Crippen LogP contribution in [0.3, 0.4) is 0 Å². The second kappa shape index (κ2) is 7.46. The summed E-state index contributed by atoms with van der Waals surface area (Å²) in [7, 11) is 1.70. The molecule has 0 aromatic carbocycles. The number of ether oxygens (including phenoxy) is 1. The molecule has 35 heavy (non-hydrogen) atoms. The SMILES string of the molecule is COC1=C(C)[C@H]2C3=CC[C@@H]4[C@@]5(C)CC[C@H](O)C(C)(C)[C@@H]5C(=O)C[C@@]4(C)[C@]3(C)CC[C@@]2(C(=O)O)CC1. The highest BCUT2D eigenvalue weighted by atomic mass is 16.5. The molecule has 0 unspecified atom stereocenters. The first kappa shape index (κ1) is 25.0. The minimum atomic E-state index is -0.789. The van der Waals surface area contributed by atoms with Gasteiger partial charge in [0.25, 0.3) is 0 Å². The Kier molecular flexibility index (Phi) is 5.34. The Morgan fingerprint density at radius 3 is 2.40 bits per heavy atom. The largest absolute Gasteiger partial charge is 0.501 e. The number of carbonyl (C=O) groups excluding carboxylic acids is 1. The lowest BCUT2D eigenvalue weighted by atomic mass is 9.33. The number of hydrogen-bond acceptors (Lipinski definition) is 4. The Hall–Kier alpha value is -1.62. The van der Waals surface area contributed by atoms with Crippen molar-refractivity contribution in [3.8, 4) is 0 Å². The van der Waals surface area contributed by atoms with Crippen LogP contribution in [0.1, 0.15) is 92.9 Å². The molecule has 0 saturated heterocycles. The molecule has 0 bridgehead atoms. The van der Waals surface area contributed by atoms with Crippen LogP contribution in [0.5, 0.6) is 0 Å². The van der Waals surface area contributed by atoms with Gasteiger partial charge in [-0.05, 0) is 73.2 Å². The van der Waals surface area contributed by atoms with E-state index in [9.17, 15) is 19.8 Å². The molecule has 0 aliphatic heterocycles. The molecule has 2 N–H and O–H groups in total. The standard InChI is InChI=1S/C30H44O5/c1-17-20(35-7)10-13-30(25(33)34)15-14-28(5)18(23(17)30)8-9-21-27(4)12-11-22(32)26(2,3)24(27)19(31)16-29(21,28)6/h8,21-24,32H,9-16H2,1-7H3,(H,33,34)/t21-,22+,23+,24+,27-,28-,29-,30+/m1/s1. The van der Waals surface area contributed by atoms with Crippen LogP contribution < -0.4 is 0 Å². The number of aliphatic carboxylic acids is 1. The van der Waals surface area contributed by atoms with E-state index in [1.807, 2.05) is 0 Å². The topological polar surface area (TPSA) is 83.8 Å². The quantitative estimate of drug-likeness (QED) is 0.476. The van der Waals surface area contributed by atoms with Gasteiger partial charge in [0.1, 0.15) is 5.78 Å². The lowest BCUT2D eigenvalue weighted by molar-refractivity contribution is -0.201. The van der Waals surface area contributed by atoms with E-state index in [0.717, 1.165) is 37.0 Å². The molecule has 0 radical (unpaired) electrons. The van der Waals surface area contributed by atoms with Crippen LogP contribution in [0.4, 0.5) is 0 Å². The van der Waals surface area contributed by atoms with Crippen LogP contribution in [0.25, 0.3) is 0 Å². The molecule has 0 aromatic rings. The molecule has 8 atom stereocenters. The monoisotopic (exact) mass is 484 g/mol. The van der Waals surface area contributed by atoms with Crippen LogP contribution in [-0.4, -0.2) is 35.2 Å². The van der Waals surface area contributed by atoms with Gasteiger partial charge in [-0.3, -0.25) is 9.59 Å². The number of ketones is 1. The van der Waals surface area contributed by atoms with Gasteiger partial charge in [-0.2, -0.15) is 0 Å². The van der Waals surface area contributed by atoms with Gasteiger partial charge in [0.2, 0.25) is 0 Å². The van der Waals surface area contributed by atoms with E-state index in [4.69, 9.17) is 4.74 Å². The van der Waals surface area contributed by atoms with Crippen LogP contribution in [0, 0.1) is 44.8 Å². The van der Waals surface area contributed by atoms with Crippen molar-refractivity contribution in [2.45, 2.75) is 99.0 Å². The van der Waals surface area contributed by atoms with Gasteiger partial charge in [0.15, 0.2) is 0 Å². The molecule has 5 heteroatoms. The van der Waals surface area contributed by atoms with Gasteiger partial charge in [-0.15, -0.1) is 0 Å². The molecule has 3 fully saturated rings. The Morgan fingerprint density at radius 1 is 1.09 bits per heavy atom. The van der Waals surface area contributed by atoms with E-state index >= 15 is 0 Å². The molecule has 5 nitrogen and oxygen atoms in total. The number of carboxylic acids is 1. The van der Waals surface area contributed by atoms with E-state index in [1.165, 1.54) is 5.57 Å². The summed E-state index contributed by atoms with van der Waals surface area (Å²) < 4.78 is 5.74. The second-order valence-corrected chi connectivity index (χ2v) is 13.9. The van der Waals surface area contributed by atoms with Crippen LogP contribution in [0.15, 0.2) is 23.0 Å². The summed E-state index contributed by atoms with van der Waals surface area (Å²) in [6, 6.07) is 0. The zero-order chi connectivity index (χ0) is 25.8.